The van der Waals surface area contributed by atoms with Gasteiger partial charge in [-0.05, 0) is 36.1 Å². The molecule has 0 radical (unpaired) electrons. The normalized spacial score (nSPS) is 18.7. The molecule has 1 unspecified atom stereocenters. The van der Waals surface area contributed by atoms with Crippen molar-refractivity contribution in [1.29, 1.82) is 0 Å². The van der Waals surface area contributed by atoms with Crippen molar-refractivity contribution in [2.75, 3.05) is 0 Å². The minimum Gasteiger partial charge on any atom is -0.488 e. The van der Waals surface area contributed by atoms with Gasteiger partial charge in [-0.15, -0.1) is 0 Å². The third-order valence-electron chi connectivity index (χ3n) is 5.26. The van der Waals surface area contributed by atoms with E-state index in [2.05, 4.69) is 12.2 Å². The average molecular weight is 392 g/mol. The Morgan fingerprint density at radius 3 is 2.41 bits per heavy atom. The van der Waals surface area contributed by atoms with E-state index in [0.717, 1.165) is 16.9 Å². The van der Waals surface area contributed by atoms with Gasteiger partial charge in [-0.2, -0.15) is 0 Å². The molecule has 7 heteroatoms. The molecule has 0 bridgehead atoms. The van der Waals surface area contributed by atoms with E-state index in [-0.39, 0.29) is 30.6 Å². The van der Waals surface area contributed by atoms with E-state index in [9.17, 15) is 19.2 Å². The fourth-order valence-corrected chi connectivity index (χ4v) is 3.64. The maximum absolute atomic E-state index is 13.0. The summed E-state index contributed by atoms with van der Waals surface area (Å²) < 4.78 is 5.85. The van der Waals surface area contributed by atoms with Crippen LogP contribution < -0.4 is 10.1 Å². The second-order valence-electron chi connectivity index (χ2n) is 7.08. The first kappa shape index (κ1) is 18.9. The van der Waals surface area contributed by atoms with E-state index >= 15 is 0 Å². The van der Waals surface area contributed by atoms with Crippen LogP contribution >= 0.6 is 0 Å². The molecule has 7 nitrogen and oxygen atoms in total. The van der Waals surface area contributed by atoms with Crippen molar-refractivity contribution in [3.8, 4) is 5.75 Å². The standard InChI is InChI=1S/C22H20N2O5/c1-2-13-6-8-14(9-7-13)12-29-17-5-3-4-15-19(17)22(28)24(21(15)27)16-10-11-18(25)23-20(16)26/h3-9,16H,2,10-12H2,1H3,(H,23,25,26). The number of piperidine rings is 1. The number of amides is 4. The fraction of sp³-hybridized carbons (Fsp3) is 0.273. The average Bonchev–Trinajstić information content (AvgIpc) is 2.98. The lowest BCUT2D eigenvalue weighted by atomic mass is 10.0. The van der Waals surface area contributed by atoms with Crippen LogP contribution in [-0.2, 0) is 22.6 Å². The summed E-state index contributed by atoms with van der Waals surface area (Å²) in [5.41, 5.74) is 2.53. The molecule has 0 aromatic heterocycles. The van der Waals surface area contributed by atoms with Crippen LogP contribution in [0.3, 0.4) is 0 Å². The SMILES string of the molecule is CCc1ccc(COc2cccc3c2C(=O)N(C2CCC(=O)NC2=O)C3=O)cc1. The van der Waals surface area contributed by atoms with E-state index in [0.29, 0.717) is 5.75 Å². The first-order chi connectivity index (χ1) is 14.0. The van der Waals surface area contributed by atoms with Gasteiger partial charge in [-0.1, -0.05) is 37.3 Å². The molecule has 0 spiro atoms. The third kappa shape index (κ3) is 3.40. The van der Waals surface area contributed by atoms with Crippen LogP contribution in [0.15, 0.2) is 42.5 Å². The quantitative estimate of drug-likeness (QED) is 0.788. The molecule has 1 N–H and O–H groups in total. The van der Waals surface area contributed by atoms with Crippen LogP contribution in [0.25, 0.3) is 0 Å². The molecule has 1 atom stereocenters. The van der Waals surface area contributed by atoms with Gasteiger partial charge in [0.1, 0.15) is 18.4 Å². The predicted molar refractivity (Wildman–Crippen MR) is 103 cm³/mol. The van der Waals surface area contributed by atoms with Gasteiger partial charge in [0.2, 0.25) is 11.8 Å². The first-order valence-corrected chi connectivity index (χ1v) is 9.54. The van der Waals surface area contributed by atoms with Crippen LogP contribution in [0.2, 0.25) is 0 Å². The van der Waals surface area contributed by atoms with E-state index < -0.39 is 29.7 Å². The summed E-state index contributed by atoms with van der Waals surface area (Å²) in [6.07, 6.45) is 1.15. The molecule has 4 rings (SSSR count). The lowest BCUT2D eigenvalue weighted by Crippen LogP contribution is -2.54. The Morgan fingerprint density at radius 1 is 1.00 bits per heavy atom. The highest BCUT2D eigenvalue weighted by Gasteiger charge is 2.45. The maximum atomic E-state index is 13.0. The summed E-state index contributed by atoms with van der Waals surface area (Å²) in [6, 6.07) is 11.8. The monoisotopic (exact) mass is 392 g/mol. The summed E-state index contributed by atoms with van der Waals surface area (Å²) in [7, 11) is 0. The maximum Gasteiger partial charge on any atom is 0.266 e. The minimum absolute atomic E-state index is 0.0843. The summed E-state index contributed by atoms with van der Waals surface area (Å²) >= 11 is 0. The fourth-order valence-electron chi connectivity index (χ4n) is 3.64. The predicted octanol–water partition coefficient (Wildman–Crippen LogP) is 2.23. The number of aryl methyl sites for hydroxylation is 1. The van der Waals surface area contributed by atoms with Gasteiger partial charge in [0.15, 0.2) is 0 Å². The zero-order chi connectivity index (χ0) is 20.5. The van der Waals surface area contributed by atoms with Crippen LogP contribution in [0.1, 0.15) is 51.6 Å². The van der Waals surface area contributed by atoms with Crippen LogP contribution in [0.5, 0.6) is 5.75 Å². The van der Waals surface area contributed by atoms with Crippen LogP contribution in [0, 0.1) is 0 Å². The molecule has 1 saturated heterocycles. The van der Waals surface area contributed by atoms with E-state index in [1.807, 2.05) is 24.3 Å². The zero-order valence-electron chi connectivity index (χ0n) is 15.9. The second kappa shape index (κ2) is 7.50. The van der Waals surface area contributed by atoms with Crippen LogP contribution in [-0.4, -0.2) is 34.6 Å². The van der Waals surface area contributed by atoms with Crippen molar-refractivity contribution in [2.24, 2.45) is 0 Å². The number of benzene rings is 2. The first-order valence-electron chi connectivity index (χ1n) is 9.54. The summed E-state index contributed by atoms with van der Waals surface area (Å²) in [5, 5.41) is 2.19. The van der Waals surface area contributed by atoms with Crippen molar-refractivity contribution in [3.63, 3.8) is 0 Å². The molecule has 1 fully saturated rings. The number of carbonyl (C=O) groups excluding carboxylic acids is 4. The molecular formula is C22H20N2O5. The molecule has 2 aliphatic rings. The molecule has 2 aromatic carbocycles. The number of carbonyl (C=O) groups is 4. The molecule has 148 valence electrons. The molecule has 2 aliphatic heterocycles. The van der Waals surface area contributed by atoms with Crippen molar-refractivity contribution in [2.45, 2.75) is 38.8 Å². The van der Waals surface area contributed by atoms with E-state index in [1.165, 1.54) is 5.56 Å². The van der Waals surface area contributed by atoms with E-state index in [4.69, 9.17) is 4.74 Å². The molecule has 0 aliphatic carbocycles. The number of fused-ring (bicyclic) bond motifs is 1. The summed E-state index contributed by atoms with van der Waals surface area (Å²) in [4.78, 5) is 50.3. The van der Waals surface area contributed by atoms with Crippen molar-refractivity contribution < 1.29 is 23.9 Å². The Bertz CT molecular complexity index is 1010. The number of imide groups is 2. The minimum atomic E-state index is -0.991. The Kier molecular flexibility index (Phi) is 4.88. The lowest BCUT2D eigenvalue weighted by Gasteiger charge is -2.27. The second-order valence-corrected chi connectivity index (χ2v) is 7.08. The van der Waals surface area contributed by atoms with Crippen LogP contribution in [0.4, 0.5) is 0 Å². The molecule has 4 amide bonds. The van der Waals surface area contributed by atoms with Gasteiger partial charge in [-0.3, -0.25) is 29.4 Å². The summed E-state index contributed by atoms with van der Waals surface area (Å²) in [5.74, 6) is -1.85. The van der Waals surface area contributed by atoms with Gasteiger partial charge in [-0.25, -0.2) is 0 Å². The van der Waals surface area contributed by atoms with Crippen molar-refractivity contribution >= 4 is 23.6 Å². The van der Waals surface area contributed by atoms with Gasteiger partial charge >= 0.3 is 0 Å². The van der Waals surface area contributed by atoms with Crippen molar-refractivity contribution in [1.82, 2.24) is 10.2 Å². The Hall–Kier alpha value is -3.48. The highest BCUT2D eigenvalue weighted by Crippen LogP contribution is 2.34. The number of rotatable bonds is 5. The highest BCUT2D eigenvalue weighted by atomic mass is 16.5. The van der Waals surface area contributed by atoms with Gasteiger partial charge in [0, 0.05) is 6.42 Å². The number of hydrogen-bond acceptors (Lipinski definition) is 5. The number of ether oxygens (including phenoxy) is 1. The topological polar surface area (TPSA) is 92.8 Å². The number of nitrogens with one attached hydrogen (secondary N) is 1. The van der Waals surface area contributed by atoms with E-state index in [1.54, 1.807) is 18.2 Å². The lowest BCUT2D eigenvalue weighted by molar-refractivity contribution is -0.136. The smallest absolute Gasteiger partial charge is 0.266 e. The van der Waals surface area contributed by atoms with Crippen molar-refractivity contribution in [3.05, 3.63) is 64.7 Å². The Labute approximate surface area is 167 Å². The molecule has 2 heterocycles. The zero-order valence-corrected chi connectivity index (χ0v) is 15.9. The largest absolute Gasteiger partial charge is 0.488 e. The van der Waals surface area contributed by atoms with Gasteiger partial charge in [0.25, 0.3) is 11.8 Å². The Morgan fingerprint density at radius 2 is 1.72 bits per heavy atom. The van der Waals surface area contributed by atoms with Gasteiger partial charge in [0.05, 0.1) is 11.1 Å². The molecule has 0 saturated carbocycles. The van der Waals surface area contributed by atoms with Gasteiger partial charge < -0.3 is 4.74 Å². The highest BCUT2D eigenvalue weighted by molar-refractivity contribution is 6.24. The molecular weight excluding hydrogens is 372 g/mol. The third-order valence-corrected chi connectivity index (χ3v) is 5.26. The molecule has 29 heavy (non-hydrogen) atoms. The Balaban J connectivity index is 1.57. The number of hydrogen-bond donors (Lipinski definition) is 1. The molecule has 2 aromatic rings. The summed E-state index contributed by atoms with van der Waals surface area (Å²) in [6.45, 7) is 2.33. The number of nitrogens with zero attached hydrogens (tertiary/aromatic N) is 1.